The van der Waals surface area contributed by atoms with Crippen molar-refractivity contribution in [3.8, 4) is 5.75 Å². The van der Waals surface area contributed by atoms with Crippen molar-refractivity contribution in [2.45, 2.75) is 25.3 Å². The lowest BCUT2D eigenvalue weighted by atomic mass is 10.1. The molecule has 27 heavy (non-hydrogen) atoms. The minimum atomic E-state index is -0.312. The molecule has 0 amide bonds. The standard InChI is InChI=1S/C22H20N2O2S/c1-14-12-18(26-15(2)25)21(27-3)20-19(14)17-10-7-11-23-22(17)24(20)13-16-8-5-4-6-9-16/h4-12H,13H2,1-3H3. The molecule has 0 radical (unpaired) electrons. The first-order valence-electron chi connectivity index (χ1n) is 8.77. The van der Waals surface area contributed by atoms with Crippen LogP contribution in [0.2, 0.25) is 0 Å². The number of rotatable bonds is 4. The van der Waals surface area contributed by atoms with E-state index in [9.17, 15) is 4.79 Å². The second-order valence-electron chi connectivity index (χ2n) is 6.49. The van der Waals surface area contributed by atoms with Gasteiger partial charge in [-0.3, -0.25) is 4.79 Å². The number of hydrogen-bond donors (Lipinski definition) is 0. The van der Waals surface area contributed by atoms with Crippen LogP contribution in [0, 0.1) is 6.92 Å². The van der Waals surface area contributed by atoms with Gasteiger partial charge in [-0.05, 0) is 42.5 Å². The molecule has 0 atom stereocenters. The predicted molar refractivity (Wildman–Crippen MR) is 111 cm³/mol. The number of carbonyl (C=O) groups is 1. The van der Waals surface area contributed by atoms with Crippen LogP contribution in [0.4, 0.5) is 0 Å². The summed E-state index contributed by atoms with van der Waals surface area (Å²) in [5.74, 6) is 0.296. The molecule has 4 aromatic rings. The molecule has 0 aliphatic heterocycles. The highest BCUT2D eigenvalue weighted by molar-refractivity contribution is 7.99. The van der Waals surface area contributed by atoms with Crippen LogP contribution in [0.25, 0.3) is 21.9 Å². The van der Waals surface area contributed by atoms with Gasteiger partial charge in [-0.2, -0.15) is 0 Å². The van der Waals surface area contributed by atoms with Gasteiger partial charge in [0.2, 0.25) is 0 Å². The van der Waals surface area contributed by atoms with Crippen molar-refractivity contribution >= 4 is 39.7 Å². The summed E-state index contributed by atoms with van der Waals surface area (Å²) in [5, 5.41) is 2.28. The molecule has 2 heterocycles. The lowest BCUT2D eigenvalue weighted by Gasteiger charge is -2.14. The molecule has 0 spiro atoms. The summed E-state index contributed by atoms with van der Waals surface area (Å²) in [6.07, 6.45) is 3.83. The number of thioether (sulfide) groups is 1. The van der Waals surface area contributed by atoms with Crippen LogP contribution in [0.3, 0.4) is 0 Å². The molecule has 0 N–H and O–H groups in total. The van der Waals surface area contributed by atoms with Crippen molar-refractivity contribution in [2.24, 2.45) is 0 Å². The number of aryl methyl sites for hydroxylation is 1. The van der Waals surface area contributed by atoms with Gasteiger partial charge in [-0.25, -0.2) is 4.98 Å². The van der Waals surface area contributed by atoms with E-state index >= 15 is 0 Å². The monoisotopic (exact) mass is 376 g/mol. The Balaban J connectivity index is 2.09. The maximum Gasteiger partial charge on any atom is 0.308 e. The number of ether oxygens (including phenoxy) is 1. The summed E-state index contributed by atoms with van der Waals surface area (Å²) in [5.41, 5.74) is 4.28. The van der Waals surface area contributed by atoms with Crippen molar-refractivity contribution < 1.29 is 9.53 Å². The van der Waals surface area contributed by atoms with E-state index in [-0.39, 0.29) is 5.97 Å². The van der Waals surface area contributed by atoms with E-state index in [4.69, 9.17) is 4.74 Å². The SMILES string of the molecule is CSc1c(OC(C)=O)cc(C)c2c3cccnc3n(Cc3ccccc3)c12. The normalized spacial score (nSPS) is 11.2. The Kier molecular flexibility index (Phi) is 4.62. The molecule has 136 valence electrons. The Morgan fingerprint density at radius 3 is 2.67 bits per heavy atom. The first-order valence-corrected chi connectivity index (χ1v) is 9.99. The van der Waals surface area contributed by atoms with Gasteiger partial charge >= 0.3 is 5.97 Å². The van der Waals surface area contributed by atoms with Gasteiger partial charge in [-0.1, -0.05) is 30.3 Å². The highest BCUT2D eigenvalue weighted by Crippen LogP contribution is 2.42. The average molecular weight is 376 g/mol. The van der Waals surface area contributed by atoms with Gasteiger partial charge in [-0.15, -0.1) is 11.8 Å². The van der Waals surface area contributed by atoms with Crippen molar-refractivity contribution in [3.05, 3.63) is 65.9 Å². The zero-order chi connectivity index (χ0) is 19.0. The van der Waals surface area contributed by atoms with Crippen molar-refractivity contribution in [1.29, 1.82) is 0 Å². The number of nitrogens with zero attached hydrogens (tertiary/aromatic N) is 2. The Morgan fingerprint density at radius 2 is 1.96 bits per heavy atom. The minimum Gasteiger partial charge on any atom is -0.425 e. The number of pyridine rings is 1. The largest absolute Gasteiger partial charge is 0.425 e. The zero-order valence-electron chi connectivity index (χ0n) is 15.5. The van der Waals surface area contributed by atoms with E-state index in [0.717, 1.165) is 32.4 Å². The summed E-state index contributed by atoms with van der Waals surface area (Å²) >= 11 is 1.59. The number of fused-ring (bicyclic) bond motifs is 3. The molecule has 2 aromatic carbocycles. The average Bonchev–Trinajstić information content (AvgIpc) is 2.98. The second kappa shape index (κ2) is 7.08. The fourth-order valence-electron chi connectivity index (χ4n) is 3.61. The molecule has 0 aliphatic rings. The second-order valence-corrected chi connectivity index (χ2v) is 7.30. The number of hydrogen-bond acceptors (Lipinski definition) is 4. The third kappa shape index (κ3) is 3.08. The van der Waals surface area contributed by atoms with E-state index in [2.05, 4.69) is 34.7 Å². The maximum atomic E-state index is 11.6. The van der Waals surface area contributed by atoms with Crippen LogP contribution >= 0.6 is 11.8 Å². The molecular formula is C22H20N2O2S. The van der Waals surface area contributed by atoms with Crippen LogP contribution in [0.1, 0.15) is 18.1 Å². The quantitative estimate of drug-likeness (QED) is 0.279. The number of esters is 1. The van der Waals surface area contributed by atoms with Gasteiger partial charge in [0, 0.05) is 30.4 Å². The third-order valence-corrected chi connectivity index (χ3v) is 5.44. The van der Waals surface area contributed by atoms with Crippen LogP contribution in [0.5, 0.6) is 5.75 Å². The van der Waals surface area contributed by atoms with Crippen molar-refractivity contribution in [2.75, 3.05) is 6.26 Å². The first-order chi connectivity index (χ1) is 13.1. The van der Waals surface area contributed by atoms with Gasteiger partial charge in [0.15, 0.2) is 0 Å². The van der Waals surface area contributed by atoms with Gasteiger partial charge in [0.1, 0.15) is 11.4 Å². The van der Waals surface area contributed by atoms with Crippen LogP contribution in [0.15, 0.2) is 59.6 Å². The molecule has 5 heteroatoms. The summed E-state index contributed by atoms with van der Waals surface area (Å²) in [6.45, 7) is 4.19. The molecular weight excluding hydrogens is 356 g/mol. The van der Waals surface area contributed by atoms with E-state index in [1.165, 1.54) is 12.5 Å². The fraction of sp³-hybridized carbons (Fsp3) is 0.182. The van der Waals surface area contributed by atoms with Gasteiger partial charge < -0.3 is 9.30 Å². The minimum absolute atomic E-state index is 0.312. The Morgan fingerprint density at radius 1 is 1.19 bits per heavy atom. The Hall–Kier alpha value is -2.79. The lowest BCUT2D eigenvalue weighted by Crippen LogP contribution is -2.05. The topological polar surface area (TPSA) is 44.1 Å². The number of aromatic nitrogens is 2. The zero-order valence-corrected chi connectivity index (χ0v) is 16.3. The van der Waals surface area contributed by atoms with E-state index in [1.54, 1.807) is 11.8 Å². The van der Waals surface area contributed by atoms with Crippen LogP contribution in [-0.2, 0) is 11.3 Å². The molecule has 4 rings (SSSR count). The number of carbonyl (C=O) groups excluding carboxylic acids is 1. The Labute approximate surface area is 162 Å². The summed E-state index contributed by atoms with van der Waals surface area (Å²) < 4.78 is 7.76. The third-order valence-electron chi connectivity index (χ3n) is 4.64. The summed E-state index contributed by atoms with van der Waals surface area (Å²) in [4.78, 5) is 17.3. The molecule has 0 bridgehead atoms. The van der Waals surface area contributed by atoms with Gasteiger partial charge in [0.25, 0.3) is 0 Å². The molecule has 0 unspecified atom stereocenters. The molecule has 2 aromatic heterocycles. The van der Waals surface area contributed by atoms with Crippen molar-refractivity contribution in [1.82, 2.24) is 9.55 Å². The molecule has 0 fully saturated rings. The van der Waals surface area contributed by atoms with E-state index in [1.807, 2.05) is 42.8 Å². The van der Waals surface area contributed by atoms with Crippen molar-refractivity contribution in [3.63, 3.8) is 0 Å². The maximum absolute atomic E-state index is 11.6. The van der Waals surface area contributed by atoms with E-state index < -0.39 is 0 Å². The molecule has 4 nitrogen and oxygen atoms in total. The molecule has 0 saturated heterocycles. The van der Waals surface area contributed by atoms with E-state index in [0.29, 0.717) is 12.3 Å². The summed E-state index contributed by atoms with van der Waals surface area (Å²) in [7, 11) is 0. The first kappa shape index (κ1) is 17.6. The van der Waals surface area contributed by atoms with Crippen LogP contribution in [-0.4, -0.2) is 21.8 Å². The Bertz CT molecular complexity index is 1150. The number of benzene rings is 2. The summed E-state index contributed by atoms with van der Waals surface area (Å²) in [6, 6.07) is 16.4. The lowest BCUT2D eigenvalue weighted by molar-refractivity contribution is -0.132. The molecule has 0 aliphatic carbocycles. The highest BCUT2D eigenvalue weighted by atomic mass is 32.2. The highest BCUT2D eigenvalue weighted by Gasteiger charge is 2.21. The molecule has 0 saturated carbocycles. The predicted octanol–water partition coefficient (Wildman–Crippen LogP) is 5.19. The van der Waals surface area contributed by atoms with Crippen LogP contribution < -0.4 is 4.74 Å². The smallest absolute Gasteiger partial charge is 0.308 e. The van der Waals surface area contributed by atoms with Gasteiger partial charge in [0.05, 0.1) is 10.4 Å². The fourth-order valence-corrected chi connectivity index (χ4v) is 4.32.